The normalized spacial score (nSPS) is 10.0. The van der Waals surface area contributed by atoms with Crippen molar-refractivity contribution in [2.75, 3.05) is 26.9 Å². The zero-order valence-corrected chi connectivity index (χ0v) is 13.7. The van der Waals surface area contributed by atoms with E-state index in [2.05, 4.69) is 5.32 Å². The van der Waals surface area contributed by atoms with Crippen LogP contribution in [0.5, 0.6) is 11.5 Å². The molecule has 6 nitrogen and oxygen atoms in total. The van der Waals surface area contributed by atoms with E-state index in [1.54, 1.807) is 0 Å². The third-order valence-electron chi connectivity index (χ3n) is 2.61. The molecule has 0 aliphatic carbocycles. The first-order valence-electron chi connectivity index (χ1n) is 7.00. The predicted molar refractivity (Wildman–Crippen MR) is 82.8 cm³/mol. The summed E-state index contributed by atoms with van der Waals surface area (Å²) in [4.78, 5) is 23.0. The van der Waals surface area contributed by atoms with E-state index >= 15 is 0 Å². The van der Waals surface area contributed by atoms with Crippen molar-refractivity contribution in [2.24, 2.45) is 0 Å². The Bertz CT molecular complexity index is 533. The summed E-state index contributed by atoms with van der Waals surface area (Å²) in [6, 6.07) is 2.92. The van der Waals surface area contributed by atoms with E-state index in [1.165, 1.54) is 19.2 Å². The monoisotopic (exact) mass is 329 g/mol. The van der Waals surface area contributed by atoms with Gasteiger partial charge in [0.1, 0.15) is 0 Å². The maximum absolute atomic E-state index is 11.9. The Morgan fingerprint density at radius 3 is 2.55 bits per heavy atom. The number of carbonyl (C=O) groups is 2. The number of rotatable bonds is 8. The van der Waals surface area contributed by atoms with Crippen LogP contribution in [0.15, 0.2) is 12.1 Å². The third kappa shape index (κ3) is 5.11. The van der Waals surface area contributed by atoms with Crippen LogP contribution in [0.3, 0.4) is 0 Å². The Kier molecular flexibility index (Phi) is 7.52. The number of carbonyl (C=O) groups excluding carboxylic acids is 2. The number of amides is 1. The molecule has 0 aliphatic rings. The standard InChI is InChI=1S/C15H20ClNO5/c1-4-6-21-14-11(16)7-10(8-12(14)20-5-2)15(19)22-9-13(18)17-3/h7-8H,4-6,9H2,1-3H3,(H,17,18). The predicted octanol–water partition coefficient (Wildman–Crippen LogP) is 2.43. The van der Waals surface area contributed by atoms with Gasteiger partial charge in [-0.3, -0.25) is 4.79 Å². The minimum absolute atomic E-state index is 0.196. The second-order valence-electron chi connectivity index (χ2n) is 4.32. The van der Waals surface area contributed by atoms with Gasteiger partial charge in [-0.25, -0.2) is 4.79 Å². The zero-order valence-electron chi connectivity index (χ0n) is 12.9. The second kappa shape index (κ2) is 9.15. The van der Waals surface area contributed by atoms with Crippen LogP contribution in [0.2, 0.25) is 5.02 Å². The van der Waals surface area contributed by atoms with E-state index < -0.39 is 11.9 Å². The topological polar surface area (TPSA) is 73.9 Å². The van der Waals surface area contributed by atoms with Crippen molar-refractivity contribution < 1.29 is 23.8 Å². The largest absolute Gasteiger partial charge is 0.490 e. The number of hydrogen-bond donors (Lipinski definition) is 1. The van der Waals surface area contributed by atoms with Crippen LogP contribution in [0.4, 0.5) is 0 Å². The zero-order chi connectivity index (χ0) is 16.5. The van der Waals surface area contributed by atoms with Gasteiger partial charge in [-0.2, -0.15) is 0 Å². The number of hydrogen-bond acceptors (Lipinski definition) is 5. The molecule has 0 saturated heterocycles. The van der Waals surface area contributed by atoms with Crippen LogP contribution in [0.25, 0.3) is 0 Å². The number of likely N-dealkylation sites (N-methyl/N-ethyl adjacent to an activating group) is 1. The van der Waals surface area contributed by atoms with Gasteiger partial charge < -0.3 is 19.5 Å². The highest BCUT2D eigenvalue weighted by Gasteiger charge is 2.17. The van der Waals surface area contributed by atoms with E-state index in [1.807, 2.05) is 13.8 Å². The minimum Gasteiger partial charge on any atom is -0.490 e. The fourth-order valence-electron chi connectivity index (χ4n) is 1.58. The highest BCUT2D eigenvalue weighted by atomic mass is 35.5. The molecule has 0 aliphatic heterocycles. The van der Waals surface area contributed by atoms with E-state index in [9.17, 15) is 9.59 Å². The van der Waals surface area contributed by atoms with Gasteiger partial charge in [-0.05, 0) is 25.5 Å². The summed E-state index contributed by atoms with van der Waals surface area (Å²) >= 11 is 6.15. The van der Waals surface area contributed by atoms with Gasteiger partial charge in [0.25, 0.3) is 5.91 Å². The molecule has 0 spiro atoms. The molecule has 0 heterocycles. The van der Waals surface area contributed by atoms with Gasteiger partial charge in [0, 0.05) is 7.05 Å². The molecule has 0 fully saturated rings. The van der Waals surface area contributed by atoms with Crippen LogP contribution in [-0.2, 0) is 9.53 Å². The molecule has 1 aromatic rings. The SMILES string of the molecule is CCCOc1c(Cl)cc(C(=O)OCC(=O)NC)cc1OCC. The molecule has 1 aromatic carbocycles. The molecule has 1 amide bonds. The first-order chi connectivity index (χ1) is 10.5. The number of ether oxygens (including phenoxy) is 3. The molecule has 122 valence electrons. The molecule has 0 radical (unpaired) electrons. The highest BCUT2D eigenvalue weighted by Crippen LogP contribution is 2.37. The number of esters is 1. The fourth-order valence-corrected chi connectivity index (χ4v) is 1.84. The van der Waals surface area contributed by atoms with E-state index in [-0.39, 0.29) is 17.2 Å². The van der Waals surface area contributed by atoms with Crippen molar-refractivity contribution in [3.63, 3.8) is 0 Å². The molecule has 0 aromatic heterocycles. The van der Waals surface area contributed by atoms with Gasteiger partial charge in [-0.1, -0.05) is 18.5 Å². The van der Waals surface area contributed by atoms with Crippen LogP contribution < -0.4 is 14.8 Å². The fraction of sp³-hybridized carbons (Fsp3) is 0.467. The Morgan fingerprint density at radius 2 is 1.95 bits per heavy atom. The third-order valence-corrected chi connectivity index (χ3v) is 2.89. The molecule has 7 heteroatoms. The van der Waals surface area contributed by atoms with E-state index in [0.29, 0.717) is 24.7 Å². The molecule has 0 saturated carbocycles. The minimum atomic E-state index is -0.659. The van der Waals surface area contributed by atoms with E-state index in [0.717, 1.165) is 6.42 Å². The lowest BCUT2D eigenvalue weighted by molar-refractivity contribution is -0.123. The number of benzene rings is 1. The van der Waals surface area contributed by atoms with Crippen molar-refractivity contribution in [1.29, 1.82) is 0 Å². The summed E-state index contributed by atoms with van der Waals surface area (Å²) in [5.41, 5.74) is 0.196. The van der Waals surface area contributed by atoms with Crippen LogP contribution in [-0.4, -0.2) is 38.7 Å². The number of halogens is 1. The Morgan fingerprint density at radius 1 is 1.23 bits per heavy atom. The van der Waals surface area contributed by atoms with Gasteiger partial charge in [0.15, 0.2) is 18.1 Å². The Hall–Kier alpha value is -1.95. The molecule has 0 atom stereocenters. The summed E-state index contributed by atoms with van der Waals surface area (Å²) in [5.74, 6) is -0.288. The van der Waals surface area contributed by atoms with Crippen LogP contribution in [0, 0.1) is 0 Å². The molecular formula is C15H20ClNO5. The summed E-state index contributed by atoms with van der Waals surface area (Å²) in [6.45, 7) is 4.31. The first-order valence-corrected chi connectivity index (χ1v) is 7.38. The average molecular weight is 330 g/mol. The molecule has 0 unspecified atom stereocenters. The van der Waals surface area contributed by atoms with Gasteiger partial charge in [-0.15, -0.1) is 0 Å². The van der Waals surface area contributed by atoms with Crippen molar-refractivity contribution in [3.8, 4) is 11.5 Å². The lowest BCUT2D eigenvalue weighted by atomic mass is 10.2. The van der Waals surface area contributed by atoms with E-state index in [4.69, 9.17) is 25.8 Å². The summed E-state index contributed by atoms with van der Waals surface area (Å²) < 4.78 is 15.9. The maximum atomic E-state index is 11.9. The molecule has 0 bridgehead atoms. The number of nitrogens with one attached hydrogen (secondary N) is 1. The quantitative estimate of drug-likeness (QED) is 0.741. The van der Waals surface area contributed by atoms with Gasteiger partial charge >= 0.3 is 5.97 Å². The Labute approximate surface area is 134 Å². The molecule has 22 heavy (non-hydrogen) atoms. The van der Waals surface area contributed by atoms with Gasteiger partial charge in [0.05, 0.1) is 23.8 Å². The van der Waals surface area contributed by atoms with Crippen molar-refractivity contribution in [1.82, 2.24) is 5.32 Å². The van der Waals surface area contributed by atoms with Crippen LogP contribution >= 0.6 is 11.6 Å². The second-order valence-corrected chi connectivity index (χ2v) is 4.72. The summed E-state index contributed by atoms with van der Waals surface area (Å²) in [5, 5.41) is 2.62. The molecule has 1 N–H and O–H groups in total. The summed E-state index contributed by atoms with van der Waals surface area (Å²) in [6.07, 6.45) is 0.817. The Balaban J connectivity index is 2.96. The molecular weight excluding hydrogens is 310 g/mol. The lowest BCUT2D eigenvalue weighted by Crippen LogP contribution is -2.25. The lowest BCUT2D eigenvalue weighted by Gasteiger charge is -2.14. The average Bonchev–Trinajstić information content (AvgIpc) is 2.51. The van der Waals surface area contributed by atoms with Crippen molar-refractivity contribution >= 4 is 23.5 Å². The first kappa shape index (κ1) is 18.1. The highest BCUT2D eigenvalue weighted by molar-refractivity contribution is 6.32. The maximum Gasteiger partial charge on any atom is 0.338 e. The van der Waals surface area contributed by atoms with Crippen LogP contribution in [0.1, 0.15) is 30.6 Å². The smallest absolute Gasteiger partial charge is 0.338 e. The summed E-state index contributed by atoms with van der Waals surface area (Å²) in [7, 11) is 1.46. The van der Waals surface area contributed by atoms with Crippen molar-refractivity contribution in [3.05, 3.63) is 22.7 Å². The molecule has 1 rings (SSSR count). The van der Waals surface area contributed by atoms with Gasteiger partial charge in [0.2, 0.25) is 0 Å². The van der Waals surface area contributed by atoms with Crippen molar-refractivity contribution in [2.45, 2.75) is 20.3 Å².